The maximum Gasteiger partial charge on any atom is 0.330 e. The molecule has 0 saturated carbocycles. The molecule has 22 nitrogen and oxygen atoms in total. The van der Waals surface area contributed by atoms with Gasteiger partial charge in [0.2, 0.25) is 12.5 Å². The predicted molar refractivity (Wildman–Crippen MR) is 270 cm³/mol. The number of aryl methyl sites for hydroxylation is 1. The molecule has 72 heavy (non-hydrogen) atoms. The van der Waals surface area contributed by atoms with Gasteiger partial charge in [-0.2, -0.15) is 10.2 Å². The molecule has 1 amide bonds. The number of aromatic amines is 1. The van der Waals surface area contributed by atoms with E-state index in [1.54, 1.807) is 12.1 Å². The second kappa shape index (κ2) is 24.6. The number of carbonyl (C=O) groups is 1. The van der Waals surface area contributed by atoms with Crippen molar-refractivity contribution in [3.63, 3.8) is 0 Å². The van der Waals surface area contributed by atoms with Gasteiger partial charge in [0.15, 0.2) is 5.75 Å². The van der Waals surface area contributed by atoms with Crippen molar-refractivity contribution in [1.29, 1.82) is 0 Å². The normalized spacial score (nSPS) is 18.3. The lowest BCUT2D eigenvalue weighted by molar-refractivity contribution is -0.384. The molecule has 3 aliphatic rings. The first-order chi connectivity index (χ1) is 35.2. The van der Waals surface area contributed by atoms with E-state index in [0.29, 0.717) is 39.8 Å². The Morgan fingerprint density at radius 3 is 2.51 bits per heavy atom. The van der Waals surface area contributed by atoms with E-state index in [4.69, 9.17) is 31.2 Å². The molecule has 3 N–H and O–H groups in total. The van der Waals surface area contributed by atoms with E-state index < -0.39 is 55.6 Å². The van der Waals surface area contributed by atoms with Crippen LogP contribution in [-0.2, 0) is 38.0 Å². The second-order valence-corrected chi connectivity index (χ2v) is 19.0. The number of azo groups is 2. The number of carbonyl (C=O) groups excluding carboxylic acids is 1. The average Bonchev–Trinajstić information content (AvgIpc) is 3.78. The fourth-order valence-electron chi connectivity index (χ4n) is 8.75. The highest BCUT2D eigenvalue weighted by Crippen LogP contribution is 2.50. The summed E-state index contributed by atoms with van der Waals surface area (Å²) in [5, 5.41) is 41.8. The number of hydrogen-bond donors (Lipinski definition) is 3. The largest absolute Gasteiger partial charge is 0.494 e. The van der Waals surface area contributed by atoms with Crippen LogP contribution in [0.5, 0.6) is 11.5 Å². The number of benzene rings is 3. The van der Waals surface area contributed by atoms with Gasteiger partial charge in [-0.3, -0.25) is 29.3 Å². The maximum absolute atomic E-state index is 13.2. The van der Waals surface area contributed by atoms with Crippen LogP contribution in [0.15, 0.2) is 84.8 Å². The van der Waals surface area contributed by atoms with Crippen molar-refractivity contribution in [2.24, 2.45) is 20.5 Å². The van der Waals surface area contributed by atoms with Gasteiger partial charge < -0.3 is 43.4 Å². The number of nitro groups is 1. The summed E-state index contributed by atoms with van der Waals surface area (Å²) in [6.45, 7) is 17.0. The van der Waals surface area contributed by atoms with E-state index in [1.165, 1.54) is 54.3 Å². The molecular weight excluding hydrogens is 950 g/mol. The van der Waals surface area contributed by atoms with Gasteiger partial charge in [-0.25, -0.2) is 16.0 Å². The number of ether oxygens (including phenoxy) is 3. The number of nitrogens with one attached hydrogen (secondary N) is 2. The lowest BCUT2D eigenvalue weighted by Crippen LogP contribution is -2.35. The van der Waals surface area contributed by atoms with Gasteiger partial charge in [0.25, 0.3) is 19.8 Å². The molecule has 0 aliphatic carbocycles. The van der Waals surface area contributed by atoms with Gasteiger partial charge in [-0.15, -0.1) is 10.2 Å². The third-order valence-corrected chi connectivity index (χ3v) is 14.2. The van der Waals surface area contributed by atoms with E-state index >= 15 is 0 Å². The summed E-state index contributed by atoms with van der Waals surface area (Å²) in [6.07, 6.45) is 5.23. The van der Waals surface area contributed by atoms with Crippen LogP contribution in [0.3, 0.4) is 0 Å². The summed E-state index contributed by atoms with van der Waals surface area (Å²) >= 11 is 0. The molecule has 0 bridgehead atoms. The first kappa shape index (κ1) is 51.6. The molecule has 1 saturated heterocycles. The SMILES string of the molecule is [2H]C[C@H]1O[C@@H](n2cc(/C=C/C(=O)NCCOc3c(N=Nc4cc(CO)c(N=Nc5ccc([N+](=O)[O-])cc5)cc4OC)cc4c5c3CCCN5CCC4)c(=O)[nH]c2=O)CC1OP(OCC[N+]#[C-])N(C(C)C)C(C)C. The zero-order valence-electron chi connectivity index (χ0n) is 41.9. The summed E-state index contributed by atoms with van der Waals surface area (Å²) in [5.74, 6) is 0.308. The number of nitrogens with zero attached hydrogens (tertiary/aromatic N) is 9. The van der Waals surface area contributed by atoms with Crippen molar-refractivity contribution in [2.45, 2.75) is 104 Å². The Labute approximate surface area is 419 Å². The molecule has 4 heterocycles. The van der Waals surface area contributed by atoms with Crippen LogP contribution in [0.2, 0.25) is 0 Å². The first-order valence-electron chi connectivity index (χ1n) is 24.4. The van der Waals surface area contributed by atoms with Crippen LogP contribution >= 0.6 is 8.53 Å². The monoisotopic (exact) mass is 1010 g/mol. The Kier molecular flexibility index (Phi) is 17.6. The standard InChI is InChI=1S/C49H60N11O11P/c1-30(2)59(31(3)4)72(69-23-18-50-6)71-42-27-45(70-32(42)5)58-28-34(48(63)52-49(58)64)12-17-44(62)51-19-22-68-47-38-11-9-21-57-20-8-10-33(46(38)57)24-41(47)56-55-40-25-35(29-61)39(26-43(40)67-7)54-53-36-13-15-37(16-14-36)60(65)66/h12-17,24-26,28,30-32,42,45,61H,8-11,18-23,27,29H2,1-5,7H3,(H,51,62)(H,52,63,64)/b17-12+,54-53?,56-55?/t32-,42?,45-,72?/m1/s1/i5D. The fourth-order valence-corrected chi connectivity index (χ4v) is 10.5. The highest BCUT2D eigenvalue weighted by molar-refractivity contribution is 7.44. The van der Waals surface area contributed by atoms with Crippen LogP contribution in [0.25, 0.3) is 10.9 Å². The number of rotatable bonds is 22. The molecule has 0 radical (unpaired) electrons. The van der Waals surface area contributed by atoms with Gasteiger partial charge in [-0.1, -0.05) is 0 Å². The van der Waals surface area contributed by atoms with E-state index in [1.807, 2.05) is 33.8 Å². The van der Waals surface area contributed by atoms with Crippen molar-refractivity contribution < 1.29 is 39.5 Å². The lowest BCUT2D eigenvalue weighted by atomic mass is 9.90. The summed E-state index contributed by atoms with van der Waals surface area (Å²) < 4.78 is 42.3. The van der Waals surface area contributed by atoms with Crippen molar-refractivity contribution in [3.05, 3.63) is 119 Å². The predicted octanol–water partition coefficient (Wildman–Crippen LogP) is 8.66. The Morgan fingerprint density at radius 2 is 1.82 bits per heavy atom. The topological polar surface area (TPSA) is 254 Å². The third-order valence-electron chi connectivity index (χ3n) is 12.0. The van der Waals surface area contributed by atoms with Gasteiger partial charge >= 0.3 is 5.69 Å². The van der Waals surface area contributed by atoms with Crippen LogP contribution < -0.4 is 30.9 Å². The smallest absolute Gasteiger partial charge is 0.330 e. The van der Waals surface area contributed by atoms with Crippen molar-refractivity contribution in [3.8, 4) is 11.5 Å². The number of aliphatic hydroxyl groups is 1. The Hall–Kier alpha value is -6.73. The van der Waals surface area contributed by atoms with Crippen LogP contribution in [0, 0.1) is 16.7 Å². The first-order valence-corrected chi connectivity index (χ1v) is 24.8. The number of hydrogen-bond acceptors (Lipinski definition) is 17. The highest BCUT2D eigenvalue weighted by atomic mass is 31.2. The van der Waals surface area contributed by atoms with Crippen molar-refractivity contribution >= 4 is 54.6 Å². The average molecular weight is 1010 g/mol. The van der Waals surface area contributed by atoms with E-state index in [2.05, 4.69) is 45.2 Å². The summed E-state index contributed by atoms with van der Waals surface area (Å²) in [7, 11) is -0.184. The summed E-state index contributed by atoms with van der Waals surface area (Å²) in [6, 6.07) is 10.8. The Balaban J connectivity index is 1.04. The van der Waals surface area contributed by atoms with Gasteiger partial charge in [0.1, 0.15) is 36.6 Å². The Morgan fingerprint density at radius 1 is 1.08 bits per heavy atom. The third kappa shape index (κ3) is 12.8. The van der Waals surface area contributed by atoms with Crippen molar-refractivity contribution in [1.82, 2.24) is 19.5 Å². The fraction of sp³-hybridized carbons (Fsp3) is 0.469. The molecule has 1 fully saturated rings. The number of amides is 1. The minimum Gasteiger partial charge on any atom is -0.494 e. The molecule has 3 aromatic carbocycles. The number of H-pyrrole nitrogens is 1. The van der Waals surface area contributed by atoms with Gasteiger partial charge in [0.05, 0.1) is 54.3 Å². The number of aliphatic hydroxyl groups excluding tert-OH is 1. The number of aromatic nitrogens is 2. The molecule has 382 valence electrons. The highest BCUT2D eigenvalue weighted by Gasteiger charge is 2.40. The minimum atomic E-state index is -1.65. The molecule has 0 spiro atoms. The lowest BCUT2D eigenvalue weighted by Gasteiger charge is -2.37. The van der Waals surface area contributed by atoms with E-state index in [-0.39, 0.29) is 63.0 Å². The number of methoxy groups -OCH3 is 1. The maximum atomic E-state index is 13.2. The molecular formula is C49H60N11O11P. The quantitative estimate of drug-likeness (QED) is 0.0127. The summed E-state index contributed by atoms with van der Waals surface area (Å²) in [4.78, 5) is 57.9. The van der Waals surface area contributed by atoms with Crippen LogP contribution in [0.1, 0.15) is 83.7 Å². The van der Waals surface area contributed by atoms with Crippen LogP contribution in [0.4, 0.5) is 34.1 Å². The molecule has 1 aromatic heterocycles. The second-order valence-electron chi connectivity index (χ2n) is 17.6. The molecule has 23 heteroatoms. The van der Waals surface area contributed by atoms with E-state index in [0.717, 1.165) is 55.6 Å². The summed E-state index contributed by atoms with van der Waals surface area (Å²) in [5.41, 5.74) is 3.61. The molecule has 2 unspecified atom stereocenters. The van der Waals surface area contributed by atoms with Gasteiger partial charge in [0, 0.05) is 80.3 Å². The number of anilines is 1. The Bertz CT molecular complexity index is 2860. The molecule has 4 aromatic rings. The van der Waals surface area contributed by atoms with Crippen LogP contribution in [-0.4, -0.2) is 101 Å². The molecule has 3 aliphatic heterocycles. The number of nitro benzene ring substituents is 1. The minimum absolute atomic E-state index is 0.0219. The number of non-ortho nitro benzene ring substituents is 1. The zero-order valence-corrected chi connectivity index (χ0v) is 41.7. The van der Waals surface area contributed by atoms with Crippen molar-refractivity contribution in [2.75, 3.05) is 51.4 Å². The van der Waals surface area contributed by atoms with E-state index in [9.17, 15) is 29.6 Å². The molecule has 7 rings (SSSR count). The van der Waals surface area contributed by atoms with Gasteiger partial charge in [-0.05, 0) is 96.2 Å². The molecule has 4 atom stereocenters. The zero-order chi connectivity index (χ0) is 52.2.